The van der Waals surface area contributed by atoms with Crippen LogP contribution < -0.4 is 19.3 Å². The van der Waals surface area contributed by atoms with Gasteiger partial charge in [-0.1, -0.05) is 97.1 Å². The van der Waals surface area contributed by atoms with Crippen LogP contribution in [0.2, 0.25) is 0 Å². The van der Waals surface area contributed by atoms with Crippen LogP contribution in [0, 0.1) is 0 Å². The van der Waals surface area contributed by atoms with Gasteiger partial charge < -0.3 is 19.3 Å². The molecule has 6 nitrogen and oxygen atoms in total. The number of para-hydroxylation sites is 8. The first-order valence-electron chi connectivity index (χ1n) is 18.7. The highest BCUT2D eigenvalue weighted by molar-refractivity contribution is 6.21. The van der Waals surface area contributed by atoms with E-state index in [9.17, 15) is 0 Å². The number of benzene rings is 8. The van der Waals surface area contributed by atoms with Crippen LogP contribution >= 0.6 is 0 Å². The van der Waals surface area contributed by atoms with Crippen molar-refractivity contribution >= 4 is 44.9 Å². The van der Waals surface area contributed by atoms with E-state index in [-0.39, 0.29) is 0 Å². The third-order valence-corrected chi connectivity index (χ3v) is 11.1. The number of nitrogens with zero attached hydrogens (tertiary/aromatic N) is 4. The molecule has 56 heavy (non-hydrogen) atoms. The van der Waals surface area contributed by atoms with Gasteiger partial charge in [0.05, 0.1) is 34.1 Å². The van der Waals surface area contributed by atoms with E-state index in [1.165, 1.54) is 10.8 Å². The van der Waals surface area contributed by atoms with Crippen molar-refractivity contribution in [3.63, 3.8) is 0 Å². The standard InChI is InChI=1S/C50H30N4O2/c1-5-13-43-39(9-1)53(40-10-2-6-14-44(40)55-43)33-21-17-31(18-22-33)35-25-27-37-48-38(50-49(37)51-29-30-52-50)28-26-36(47(35)48)32-19-23-34(24-20-32)54-41-11-3-7-15-45(41)56-46-16-8-4-12-42(46)54/h1-30H. The van der Waals surface area contributed by atoms with Crippen LogP contribution in [0.25, 0.3) is 55.5 Å². The number of rotatable bonds is 4. The molecule has 8 aromatic carbocycles. The third kappa shape index (κ3) is 4.50. The fraction of sp³-hybridized carbons (Fsp3) is 0. The van der Waals surface area contributed by atoms with Crippen LogP contribution in [-0.4, -0.2) is 9.97 Å². The first-order valence-corrected chi connectivity index (χ1v) is 18.7. The molecule has 1 aliphatic carbocycles. The van der Waals surface area contributed by atoms with Crippen molar-refractivity contribution in [2.75, 3.05) is 9.80 Å². The molecule has 1 aromatic heterocycles. The van der Waals surface area contributed by atoms with Crippen molar-refractivity contribution in [3.05, 3.63) is 182 Å². The van der Waals surface area contributed by atoms with Gasteiger partial charge in [-0.15, -0.1) is 0 Å². The molecule has 6 heteroatoms. The van der Waals surface area contributed by atoms with Crippen molar-refractivity contribution in [2.45, 2.75) is 0 Å². The van der Waals surface area contributed by atoms with Crippen LogP contribution in [0.4, 0.5) is 34.1 Å². The monoisotopic (exact) mass is 718 g/mol. The van der Waals surface area contributed by atoms with Crippen molar-refractivity contribution in [3.8, 4) is 67.8 Å². The van der Waals surface area contributed by atoms with Gasteiger partial charge in [-0.25, -0.2) is 0 Å². The summed E-state index contributed by atoms with van der Waals surface area (Å²) in [5.41, 5.74) is 14.8. The van der Waals surface area contributed by atoms with Crippen LogP contribution in [0.5, 0.6) is 23.0 Å². The van der Waals surface area contributed by atoms with E-state index in [0.29, 0.717) is 0 Å². The molecule has 0 unspecified atom stereocenters. The summed E-state index contributed by atoms with van der Waals surface area (Å²) in [7, 11) is 0. The SMILES string of the molecule is c1ccc2c(c1)Oc1ccccc1N2c1ccc(-c2ccc3c4c(ccc(-c5ccc(N6c7ccccc7Oc7ccccc76)cc5)c24)-c2nccnc2-3)cc1. The summed E-state index contributed by atoms with van der Waals surface area (Å²) in [5, 5.41) is 2.37. The Morgan fingerprint density at radius 1 is 0.321 bits per heavy atom. The van der Waals surface area contributed by atoms with E-state index in [1.54, 1.807) is 12.4 Å². The van der Waals surface area contributed by atoms with Crippen molar-refractivity contribution < 1.29 is 9.47 Å². The Kier molecular flexibility index (Phi) is 6.53. The summed E-state index contributed by atoms with van der Waals surface area (Å²) in [6.45, 7) is 0. The van der Waals surface area contributed by atoms with Crippen LogP contribution in [0.15, 0.2) is 182 Å². The van der Waals surface area contributed by atoms with Crippen molar-refractivity contribution in [1.82, 2.24) is 9.97 Å². The van der Waals surface area contributed by atoms with Crippen LogP contribution in [0.3, 0.4) is 0 Å². The molecule has 12 rings (SSSR count). The van der Waals surface area contributed by atoms with Crippen LogP contribution in [-0.2, 0) is 0 Å². The molecule has 2 aliphatic heterocycles. The predicted octanol–water partition coefficient (Wildman–Crippen LogP) is 13.8. The fourth-order valence-electron chi connectivity index (χ4n) is 8.65. The predicted molar refractivity (Wildman–Crippen MR) is 224 cm³/mol. The highest BCUT2D eigenvalue weighted by Gasteiger charge is 2.29. The summed E-state index contributed by atoms with van der Waals surface area (Å²) >= 11 is 0. The van der Waals surface area contributed by atoms with Crippen molar-refractivity contribution in [2.24, 2.45) is 0 Å². The zero-order chi connectivity index (χ0) is 36.7. The average molecular weight is 719 g/mol. The second kappa shape index (κ2) is 11.9. The lowest BCUT2D eigenvalue weighted by molar-refractivity contribution is 0.477. The molecule has 0 spiro atoms. The van der Waals surface area contributed by atoms with Gasteiger partial charge in [-0.2, -0.15) is 0 Å². The van der Waals surface area contributed by atoms with Gasteiger partial charge in [0.25, 0.3) is 0 Å². The molecular formula is C50H30N4O2. The molecule has 0 fully saturated rings. The normalized spacial score (nSPS) is 12.9. The van der Waals surface area contributed by atoms with Gasteiger partial charge in [-0.3, -0.25) is 9.97 Å². The second-order valence-electron chi connectivity index (χ2n) is 14.2. The lowest BCUT2D eigenvalue weighted by Crippen LogP contribution is -2.15. The zero-order valence-corrected chi connectivity index (χ0v) is 29.9. The molecule has 0 amide bonds. The number of anilines is 6. The fourth-order valence-corrected chi connectivity index (χ4v) is 8.65. The van der Waals surface area contributed by atoms with Gasteiger partial charge in [-0.05, 0) is 100 Å². The van der Waals surface area contributed by atoms with Gasteiger partial charge in [0, 0.05) is 40.3 Å². The minimum atomic E-state index is 0.835. The molecule has 3 aliphatic rings. The topological polar surface area (TPSA) is 50.7 Å². The summed E-state index contributed by atoms with van der Waals surface area (Å²) in [5.74, 6) is 3.34. The maximum Gasteiger partial charge on any atom is 0.151 e. The molecule has 0 saturated heterocycles. The minimum absolute atomic E-state index is 0.835. The highest BCUT2D eigenvalue weighted by atomic mass is 16.5. The number of hydrogen-bond donors (Lipinski definition) is 0. The molecule has 0 bridgehead atoms. The molecule has 0 saturated carbocycles. The Morgan fingerprint density at radius 3 is 1.02 bits per heavy atom. The van der Waals surface area contributed by atoms with Crippen molar-refractivity contribution in [1.29, 1.82) is 0 Å². The molecule has 0 N–H and O–H groups in total. The smallest absolute Gasteiger partial charge is 0.151 e. The van der Waals surface area contributed by atoms with Gasteiger partial charge in [0.1, 0.15) is 0 Å². The zero-order valence-electron chi connectivity index (χ0n) is 29.9. The summed E-state index contributed by atoms with van der Waals surface area (Å²) in [4.78, 5) is 14.2. The van der Waals surface area contributed by atoms with E-state index in [2.05, 4.69) is 131 Å². The largest absolute Gasteiger partial charge is 0.453 e. The molecule has 9 aromatic rings. The lowest BCUT2D eigenvalue weighted by atomic mass is 9.88. The van der Waals surface area contributed by atoms with Gasteiger partial charge >= 0.3 is 0 Å². The molecular weight excluding hydrogens is 689 g/mol. The van der Waals surface area contributed by atoms with E-state index in [0.717, 1.165) is 102 Å². The molecule has 0 radical (unpaired) electrons. The van der Waals surface area contributed by atoms with E-state index in [4.69, 9.17) is 19.4 Å². The summed E-state index contributed by atoms with van der Waals surface area (Å²) in [6.07, 6.45) is 3.57. The average Bonchev–Trinajstić information content (AvgIpc) is 3.59. The summed E-state index contributed by atoms with van der Waals surface area (Å²) < 4.78 is 12.6. The van der Waals surface area contributed by atoms with Gasteiger partial charge in [0.15, 0.2) is 23.0 Å². The second-order valence-corrected chi connectivity index (χ2v) is 14.2. The maximum atomic E-state index is 6.29. The highest BCUT2D eigenvalue weighted by Crippen LogP contribution is 2.54. The van der Waals surface area contributed by atoms with E-state index in [1.807, 2.05) is 48.5 Å². The Balaban J connectivity index is 1.00. The van der Waals surface area contributed by atoms with E-state index < -0.39 is 0 Å². The molecule has 0 atom stereocenters. The summed E-state index contributed by atoms with van der Waals surface area (Å²) in [6, 6.07) is 59.5. The number of fused-ring (bicyclic) bond motifs is 7. The number of aromatic nitrogens is 2. The van der Waals surface area contributed by atoms with Crippen LogP contribution in [0.1, 0.15) is 0 Å². The first kappa shape index (κ1) is 30.7. The maximum absolute atomic E-state index is 6.29. The lowest BCUT2D eigenvalue weighted by Gasteiger charge is -2.32. The third-order valence-electron chi connectivity index (χ3n) is 11.1. The minimum Gasteiger partial charge on any atom is -0.453 e. The van der Waals surface area contributed by atoms with Gasteiger partial charge in [0.2, 0.25) is 0 Å². The van der Waals surface area contributed by atoms with E-state index >= 15 is 0 Å². The number of ether oxygens (including phenoxy) is 2. The Bertz CT molecular complexity index is 2760. The Hall–Kier alpha value is -7.70. The Labute approximate surface area is 323 Å². The molecule has 3 heterocycles. The quantitative estimate of drug-likeness (QED) is 0.181. The Morgan fingerprint density at radius 2 is 0.643 bits per heavy atom. The molecule has 262 valence electrons. The first-order chi connectivity index (χ1) is 27.8. The number of hydrogen-bond acceptors (Lipinski definition) is 6.